The Morgan fingerprint density at radius 1 is 1.41 bits per heavy atom. The highest BCUT2D eigenvalue weighted by molar-refractivity contribution is 7.10. The Labute approximate surface area is 105 Å². The van der Waals surface area contributed by atoms with Crippen LogP contribution in [0.1, 0.15) is 11.3 Å². The monoisotopic (exact) mass is 248 g/mol. The topological polar surface area (TPSA) is 41.1 Å². The summed E-state index contributed by atoms with van der Waals surface area (Å²) in [5.41, 5.74) is 3.45. The number of aromatic nitrogens is 2. The molecule has 0 saturated carbocycles. The highest BCUT2D eigenvalue weighted by atomic mass is 32.1. The SMILES string of the molecule is CNc1snnc1CN(C)c1cccc(C)c1. The van der Waals surface area contributed by atoms with Crippen molar-refractivity contribution in [1.29, 1.82) is 0 Å². The normalized spacial score (nSPS) is 10.3. The average molecular weight is 248 g/mol. The number of hydrogen-bond acceptors (Lipinski definition) is 5. The van der Waals surface area contributed by atoms with Crippen LogP contribution in [-0.2, 0) is 6.54 Å². The maximum Gasteiger partial charge on any atom is 0.134 e. The van der Waals surface area contributed by atoms with Crippen LogP contribution in [0.2, 0.25) is 0 Å². The van der Waals surface area contributed by atoms with E-state index in [1.807, 2.05) is 7.05 Å². The van der Waals surface area contributed by atoms with Gasteiger partial charge in [0.2, 0.25) is 0 Å². The first-order chi connectivity index (χ1) is 8.20. The Morgan fingerprint density at radius 3 is 2.94 bits per heavy atom. The average Bonchev–Trinajstić information content (AvgIpc) is 2.76. The Morgan fingerprint density at radius 2 is 2.24 bits per heavy atom. The van der Waals surface area contributed by atoms with Crippen molar-refractivity contribution in [3.05, 3.63) is 35.5 Å². The van der Waals surface area contributed by atoms with E-state index in [4.69, 9.17) is 0 Å². The first-order valence-corrected chi connectivity index (χ1v) is 6.25. The quantitative estimate of drug-likeness (QED) is 0.902. The fraction of sp³-hybridized carbons (Fsp3) is 0.333. The summed E-state index contributed by atoms with van der Waals surface area (Å²) < 4.78 is 3.96. The second-order valence-electron chi connectivity index (χ2n) is 3.99. The van der Waals surface area contributed by atoms with E-state index in [0.717, 1.165) is 17.2 Å². The number of benzene rings is 1. The molecule has 5 heteroatoms. The zero-order valence-electron chi connectivity index (χ0n) is 10.3. The molecule has 0 spiro atoms. The number of rotatable bonds is 4. The molecular formula is C12H16N4S. The van der Waals surface area contributed by atoms with Crippen molar-refractivity contribution in [1.82, 2.24) is 9.59 Å². The minimum absolute atomic E-state index is 0.760. The molecule has 1 N–H and O–H groups in total. The largest absolute Gasteiger partial charge is 0.377 e. The molecule has 90 valence electrons. The molecule has 1 aromatic heterocycles. The van der Waals surface area contributed by atoms with Crippen LogP contribution in [0.25, 0.3) is 0 Å². The summed E-state index contributed by atoms with van der Waals surface area (Å²) in [6.45, 7) is 2.86. The molecule has 0 aliphatic rings. The Balaban J connectivity index is 2.14. The van der Waals surface area contributed by atoms with E-state index in [0.29, 0.717) is 0 Å². The van der Waals surface area contributed by atoms with Crippen molar-refractivity contribution in [2.24, 2.45) is 0 Å². The molecule has 1 aromatic carbocycles. The predicted molar refractivity (Wildman–Crippen MR) is 72.7 cm³/mol. The predicted octanol–water partition coefficient (Wildman–Crippen LogP) is 2.52. The van der Waals surface area contributed by atoms with E-state index in [1.54, 1.807) is 0 Å². The van der Waals surface area contributed by atoms with Crippen LogP contribution >= 0.6 is 11.5 Å². The van der Waals surface area contributed by atoms with Crippen LogP contribution < -0.4 is 10.2 Å². The van der Waals surface area contributed by atoms with E-state index < -0.39 is 0 Å². The van der Waals surface area contributed by atoms with Gasteiger partial charge >= 0.3 is 0 Å². The first-order valence-electron chi connectivity index (χ1n) is 5.47. The Hall–Kier alpha value is -1.62. The minimum Gasteiger partial charge on any atom is -0.377 e. The van der Waals surface area contributed by atoms with Gasteiger partial charge in [0.1, 0.15) is 10.7 Å². The molecule has 0 aliphatic heterocycles. The van der Waals surface area contributed by atoms with Gasteiger partial charge in [-0.15, -0.1) is 5.10 Å². The van der Waals surface area contributed by atoms with E-state index in [2.05, 4.69) is 58.0 Å². The molecule has 4 nitrogen and oxygen atoms in total. The standard InChI is InChI=1S/C12H16N4S/c1-9-5-4-6-10(7-9)16(3)8-11-12(13-2)17-15-14-11/h4-7,13H,8H2,1-3H3. The molecule has 0 atom stereocenters. The number of nitrogens with one attached hydrogen (secondary N) is 1. The minimum atomic E-state index is 0.760. The summed E-state index contributed by atoms with van der Waals surface area (Å²) >= 11 is 1.39. The van der Waals surface area contributed by atoms with Crippen molar-refractivity contribution >= 4 is 22.2 Å². The van der Waals surface area contributed by atoms with Crippen LogP contribution in [0.5, 0.6) is 0 Å². The summed E-state index contributed by atoms with van der Waals surface area (Å²) in [5, 5.41) is 8.28. The number of hydrogen-bond donors (Lipinski definition) is 1. The second kappa shape index (κ2) is 5.14. The maximum atomic E-state index is 4.14. The van der Waals surface area contributed by atoms with Gasteiger partial charge < -0.3 is 10.2 Å². The van der Waals surface area contributed by atoms with Gasteiger partial charge in [0.25, 0.3) is 0 Å². The molecule has 2 aromatic rings. The Kier molecular flexibility index (Phi) is 3.58. The molecule has 0 fully saturated rings. The molecule has 17 heavy (non-hydrogen) atoms. The molecule has 1 heterocycles. The lowest BCUT2D eigenvalue weighted by Gasteiger charge is -2.18. The van der Waals surface area contributed by atoms with Crippen molar-refractivity contribution < 1.29 is 0 Å². The van der Waals surface area contributed by atoms with Crippen molar-refractivity contribution in [2.45, 2.75) is 13.5 Å². The number of anilines is 2. The van der Waals surface area contributed by atoms with Gasteiger partial charge in [-0.25, -0.2) is 0 Å². The summed E-state index contributed by atoms with van der Waals surface area (Å²) in [6, 6.07) is 8.44. The maximum absolute atomic E-state index is 4.14. The van der Waals surface area contributed by atoms with Crippen molar-refractivity contribution in [3.8, 4) is 0 Å². The van der Waals surface area contributed by atoms with E-state index >= 15 is 0 Å². The lowest BCUT2D eigenvalue weighted by Crippen LogP contribution is -2.17. The molecule has 0 aliphatic carbocycles. The van der Waals surface area contributed by atoms with Crippen LogP contribution in [-0.4, -0.2) is 23.7 Å². The first kappa shape index (κ1) is 11.9. The van der Waals surface area contributed by atoms with Gasteiger partial charge in [-0.2, -0.15) is 0 Å². The Bertz CT molecular complexity index is 495. The van der Waals surface area contributed by atoms with Gasteiger partial charge in [-0.3, -0.25) is 0 Å². The molecule has 0 amide bonds. The van der Waals surface area contributed by atoms with Crippen LogP contribution in [0.3, 0.4) is 0 Å². The zero-order chi connectivity index (χ0) is 12.3. The van der Waals surface area contributed by atoms with Crippen molar-refractivity contribution in [2.75, 3.05) is 24.3 Å². The fourth-order valence-corrected chi connectivity index (χ4v) is 2.21. The molecule has 0 unspecified atom stereocenters. The van der Waals surface area contributed by atoms with E-state index in [-0.39, 0.29) is 0 Å². The lowest BCUT2D eigenvalue weighted by atomic mass is 10.2. The van der Waals surface area contributed by atoms with Crippen LogP contribution in [0.4, 0.5) is 10.7 Å². The van der Waals surface area contributed by atoms with Gasteiger partial charge in [0.15, 0.2) is 0 Å². The van der Waals surface area contributed by atoms with E-state index in [9.17, 15) is 0 Å². The number of nitrogens with zero attached hydrogens (tertiary/aromatic N) is 3. The molecular weight excluding hydrogens is 232 g/mol. The van der Waals surface area contributed by atoms with Gasteiger partial charge in [-0.1, -0.05) is 16.6 Å². The molecule has 0 saturated heterocycles. The summed E-state index contributed by atoms with van der Waals surface area (Å²) in [6.07, 6.45) is 0. The van der Waals surface area contributed by atoms with Gasteiger partial charge in [-0.05, 0) is 24.6 Å². The highest BCUT2D eigenvalue weighted by Gasteiger charge is 2.09. The van der Waals surface area contributed by atoms with Crippen LogP contribution in [0.15, 0.2) is 24.3 Å². The second-order valence-corrected chi connectivity index (χ2v) is 4.75. The van der Waals surface area contributed by atoms with Crippen LogP contribution in [0, 0.1) is 6.92 Å². The third kappa shape index (κ3) is 2.74. The molecule has 0 radical (unpaired) electrons. The summed E-state index contributed by atoms with van der Waals surface area (Å²) in [5.74, 6) is 0. The summed E-state index contributed by atoms with van der Waals surface area (Å²) in [7, 11) is 3.96. The third-order valence-corrected chi connectivity index (χ3v) is 3.40. The fourth-order valence-electron chi connectivity index (χ4n) is 1.68. The van der Waals surface area contributed by atoms with Gasteiger partial charge in [0, 0.05) is 31.3 Å². The molecule has 0 bridgehead atoms. The van der Waals surface area contributed by atoms with E-state index in [1.165, 1.54) is 22.8 Å². The summed E-state index contributed by atoms with van der Waals surface area (Å²) in [4.78, 5) is 2.17. The number of aryl methyl sites for hydroxylation is 1. The van der Waals surface area contributed by atoms with Crippen molar-refractivity contribution in [3.63, 3.8) is 0 Å². The highest BCUT2D eigenvalue weighted by Crippen LogP contribution is 2.21. The smallest absolute Gasteiger partial charge is 0.134 e. The lowest BCUT2D eigenvalue weighted by molar-refractivity contribution is 0.873. The molecule has 2 rings (SSSR count). The van der Waals surface area contributed by atoms with Gasteiger partial charge in [0.05, 0.1) is 6.54 Å². The third-order valence-electron chi connectivity index (χ3n) is 2.61. The zero-order valence-corrected chi connectivity index (χ0v) is 11.1.